The van der Waals surface area contributed by atoms with E-state index in [0.717, 1.165) is 5.56 Å². The summed E-state index contributed by atoms with van der Waals surface area (Å²) in [4.78, 5) is 11.6. The smallest absolute Gasteiger partial charge is 0.303 e. The summed E-state index contributed by atoms with van der Waals surface area (Å²) in [7, 11) is -3.95. The van der Waals surface area contributed by atoms with Crippen LogP contribution in [0.4, 0.5) is 0 Å². The molecular formula is C19H17NO4S. The molecule has 3 rings (SSSR count). The van der Waals surface area contributed by atoms with Gasteiger partial charge >= 0.3 is 5.97 Å². The molecule has 0 spiro atoms. The Balaban J connectivity index is 2.21. The fourth-order valence-corrected chi connectivity index (χ4v) is 3.87. The molecule has 0 amide bonds. The molecule has 0 bridgehead atoms. The largest absolute Gasteiger partial charge is 0.449 e. The number of hydrogen-bond acceptors (Lipinski definition) is 4. The van der Waals surface area contributed by atoms with Crippen molar-refractivity contribution in [1.29, 1.82) is 0 Å². The van der Waals surface area contributed by atoms with E-state index in [9.17, 15) is 13.2 Å². The van der Waals surface area contributed by atoms with Crippen LogP contribution in [-0.4, -0.2) is 25.7 Å². The molecule has 0 aliphatic heterocycles. The highest BCUT2D eigenvalue weighted by Crippen LogP contribution is 2.31. The first kappa shape index (κ1) is 17.1. The molecule has 1 aliphatic carbocycles. The van der Waals surface area contributed by atoms with Crippen LogP contribution < -0.4 is 0 Å². The van der Waals surface area contributed by atoms with E-state index in [2.05, 4.69) is 4.40 Å². The normalized spacial score (nSPS) is 21.0. The van der Waals surface area contributed by atoms with Crippen molar-refractivity contribution in [1.82, 2.24) is 0 Å². The van der Waals surface area contributed by atoms with Crippen molar-refractivity contribution in [3.63, 3.8) is 0 Å². The molecule has 6 heteroatoms. The highest BCUT2D eigenvalue weighted by atomic mass is 32.2. The Morgan fingerprint density at radius 3 is 2.36 bits per heavy atom. The van der Waals surface area contributed by atoms with E-state index >= 15 is 0 Å². The van der Waals surface area contributed by atoms with Crippen LogP contribution in [0.2, 0.25) is 0 Å². The lowest BCUT2D eigenvalue weighted by Gasteiger charge is -2.31. The van der Waals surface area contributed by atoms with Crippen molar-refractivity contribution < 1.29 is 17.9 Å². The summed E-state index contributed by atoms with van der Waals surface area (Å²) in [6.07, 6.45) is 3.45. The first-order chi connectivity index (χ1) is 11.8. The summed E-state index contributed by atoms with van der Waals surface area (Å²) in [6, 6.07) is 15.2. The number of carbonyl (C=O) groups excluding carboxylic acids is 1. The van der Waals surface area contributed by atoms with Crippen LogP contribution in [0, 0.1) is 0 Å². The number of carbonyl (C=O) groups is 1. The van der Waals surface area contributed by atoms with Gasteiger partial charge in [-0.25, -0.2) is 0 Å². The Morgan fingerprint density at radius 1 is 1.04 bits per heavy atom. The van der Waals surface area contributed by atoms with E-state index < -0.39 is 21.6 Å². The summed E-state index contributed by atoms with van der Waals surface area (Å²) in [6.45, 7) is 2.91. The van der Waals surface area contributed by atoms with Crippen molar-refractivity contribution in [3.8, 4) is 0 Å². The molecule has 1 aliphatic rings. The van der Waals surface area contributed by atoms with Crippen LogP contribution in [0.15, 0.2) is 70.0 Å². The van der Waals surface area contributed by atoms with Crippen LogP contribution in [-0.2, 0) is 19.6 Å². The third kappa shape index (κ3) is 3.39. The van der Waals surface area contributed by atoms with E-state index in [4.69, 9.17) is 4.74 Å². The van der Waals surface area contributed by atoms with Gasteiger partial charge < -0.3 is 4.74 Å². The van der Waals surface area contributed by atoms with E-state index in [1.807, 2.05) is 12.1 Å². The maximum absolute atomic E-state index is 12.7. The summed E-state index contributed by atoms with van der Waals surface area (Å²) in [5, 5.41) is 0. The van der Waals surface area contributed by atoms with Crippen LogP contribution in [0.25, 0.3) is 6.08 Å². The van der Waals surface area contributed by atoms with Crippen LogP contribution in [0.5, 0.6) is 0 Å². The zero-order valence-corrected chi connectivity index (χ0v) is 14.7. The standard InChI is InChI=1S/C19H17NO4S/c1-14(21)24-19(2)13-12-15-8-6-7-11-17(15)18(19)20-25(22,23)16-9-4-3-5-10-16/h3-13H,1-2H3/t19-/m0/s1. The summed E-state index contributed by atoms with van der Waals surface area (Å²) < 4.78 is 34.9. The number of hydrogen-bond donors (Lipinski definition) is 0. The molecule has 0 saturated heterocycles. The number of sulfonamides is 1. The second kappa shape index (κ2) is 6.29. The number of esters is 1. The Bertz CT molecular complexity index is 977. The average Bonchev–Trinajstić information content (AvgIpc) is 2.58. The Kier molecular flexibility index (Phi) is 4.30. The molecule has 0 aromatic heterocycles. The van der Waals surface area contributed by atoms with E-state index in [0.29, 0.717) is 5.56 Å². The monoisotopic (exact) mass is 355 g/mol. The van der Waals surface area contributed by atoms with Crippen LogP contribution in [0.1, 0.15) is 25.0 Å². The van der Waals surface area contributed by atoms with Gasteiger partial charge in [0.2, 0.25) is 0 Å². The molecule has 0 radical (unpaired) electrons. The Morgan fingerprint density at radius 2 is 1.68 bits per heavy atom. The first-order valence-electron chi connectivity index (χ1n) is 7.70. The SMILES string of the molecule is CC(=O)O[C@@]1(C)C=Cc2ccccc2C1=NS(=O)(=O)c1ccccc1. The first-order valence-corrected chi connectivity index (χ1v) is 9.14. The third-order valence-corrected chi connectivity index (χ3v) is 5.17. The lowest BCUT2D eigenvalue weighted by atomic mass is 9.85. The number of nitrogens with zero attached hydrogens (tertiary/aromatic N) is 1. The van der Waals surface area contributed by atoms with Crippen LogP contribution in [0.3, 0.4) is 0 Å². The van der Waals surface area contributed by atoms with E-state index in [-0.39, 0.29) is 10.6 Å². The summed E-state index contributed by atoms with van der Waals surface area (Å²) in [5.41, 5.74) is 0.356. The van der Waals surface area contributed by atoms with E-state index in [1.54, 1.807) is 49.4 Å². The molecule has 0 heterocycles. The predicted octanol–water partition coefficient (Wildman–Crippen LogP) is 3.21. The van der Waals surface area contributed by atoms with Gasteiger partial charge in [-0.15, -0.1) is 0 Å². The molecular weight excluding hydrogens is 338 g/mol. The lowest BCUT2D eigenvalue weighted by Crippen LogP contribution is -2.41. The molecule has 128 valence electrons. The van der Waals surface area contributed by atoms with Gasteiger partial charge in [-0.2, -0.15) is 12.8 Å². The van der Waals surface area contributed by atoms with Crippen molar-refractivity contribution in [2.45, 2.75) is 24.3 Å². The maximum atomic E-state index is 12.7. The predicted molar refractivity (Wildman–Crippen MR) is 95.8 cm³/mol. The third-order valence-electron chi connectivity index (χ3n) is 3.88. The van der Waals surface area contributed by atoms with Gasteiger partial charge in [0.05, 0.1) is 4.90 Å². The minimum Gasteiger partial charge on any atom is -0.449 e. The van der Waals surface area contributed by atoms with Gasteiger partial charge in [0.25, 0.3) is 10.0 Å². The lowest BCUT2D eigenvalue weighted by molar-refractivity contribution is -0.146. The second-order valence-electron chi connectivity index (χ2n) is 5.85. The Labute approximate surface area is 146 Å². The van der Waals surface area contributed by atoms with Crippen molar-refractivity contribution in [2.75, 3.05) is 0 Å². The number of fused-ring (bicyclic) bond motifs is 1. The molecule has 1 atom stereocenters. The summed E-state index contributed by atoms with van der Waals surface area (Å²) >= 11 is 0. The highest BCUT2D eigenvalue weighted by Gasteiger charge is 2.37. The molecule has 0 fully saturated rings. The van der Waals surface area contributed by atoms with E-state index in [1.165, 1.54) is 19.1 Å². The number of ether oxygens (including phenoxy) is 1. The molecule has 25 heavy (non-hydrogen) atoms. The fraction of sp³-hybridized carbons (Fsp3) is 0.158. The number of rotatable bonds is 3. The van der Waals surface area contributed by atoms with Gasteiger partial charge in [-0.1, -0.05) is 48.5 Å². The minimum atomic E-state index is -3.95. The molecule has 0 saturated carbocycles. The zero-order valence-electron chi connectivity index (χ0n) is 13.8. The molecule has 0 N–H and O–H groups in total. The van der Waals surface area contributed by atoms with Gasteiger partial charge in [0.15, 0.2) is 5.60 Å². The number of benzene rings is 2. The van der Waals surface area contributed by atoms with Crippen molar-refractivity contribution in [3.05, 3.63) is 71.8 Å². The molecule has 2 aromatic carbocycles. The Hall–Kier alpha value is -2.73. The highest BCUT2D eigenvalue weighted by molar-refractivity contribution is 7.90. The topological polar surface area (TPSA) is 72.8 Å². The van der Waals surface area contributed by atoms with Gasteiger partial charge in [-0.05, 0) is 30.7 Å². The average molecular weight is 355 g/mol. The van der Waals surface area contributed by atoms with Gasteiger partial charge in [0.1, 0.15) is 5.71 Å². The molecule has 2 aromatic rings. The maximum Gasteiger partial charge on any atom is 0.303 e. The van der Waals surface area contributed by atoms with Crippen molar-refractivity contribution in [2.24, 2.45) is 4.40 Å². The minimum absolute atomic E-state index is 0.0831. The second-order valence-corrected chi connectivity index (χ2v) is 7.45. The molecule has 0 unspecified atom stereocenters. The van der Waals surface area contributed by atoms with Crippen LogP contribution >= 0.6 is 0 Å². The zero-order chi connectivity index (χ0) is 18.1. The van der Waals surface area contributed by atoms with Gasteiger partial charge in [0, 0.05) is 12.5 Å². The molecule has 5 nitrogen and oxygen atoms in total. The summed E-state index contributed by atoms with van der Waals surface area (Å²) in [5.74, 6) is -0.517. The fourth-order valence-electron chi connectivity index (χ4n) is 2.74. The quantitative estimate of drug-likeness (QED) is 0.793. The van der Waals surface area contributed by atoms with Gasteiger partial charge in [-0.3, -0.25) is 4.79 Å². The van der Waals surface area contributed by atoms with Crippen molar-refractivity contribution >= 4 is 27.8 Å².